The first-order chi connectivity index (χ1) is 6.48. The predicted octanol–water partition coefficient (Wildman–Crippen LogP) is -0.489. The SMILES string of the molecule is O=C1CC(C2CCS(=O)(=O)C2)C(=O)O1. The van der Waals surface area contributed by atoms with Crippen molar-refractivity contribution >= 4 is 21.8 Å². The molecule has 6 heteroatoms. The number of rotatable bonds is 1. The van der Waals surface area contributed by atoms with Crippen molar-refractivity contribution < 1.29 is 22.7 Å². The van der Waals surface area contributed by atoms with Crippen molar-refractivity contribution in [3.63, 3.8) is 0 Å². The third-order valence-corrected chi connectivity index (χ3v) is 4.53. The summed E-state index contributed by atoms with van der Waals surface area (Å²) in [5.41, 5.74) is 0. The van der Waals surface area contributed by atoms with E-state index in [4.69, 9.17) is 0 Å². The summed E-state index contributed by atoms with van der Waals surface area (Å²) >= 11 is 0. The lowest BCUT2D eigenvalue weighted by atomic mass is 9.91. The van der Waals surface area contributed by atoms with E-state index in [1.165, 1.54) is 0 Å². The maximum atomic E-state index is 11.1. The molecule has 2 fully saturated rings. The van der Waals surface area contributed by atoms with Gasteiger partial charge in [0.2, 0.25) is 0 Å². The molecule has 2 aliphatic rings. The van der Waals surface area contributed by atoms with Crippen molar-refractivity contribution in [2.24, 2.45) is 11.8 Å². The number of carbonyl (C=O) groups is 2. The average Bonchev–Trinajstić information content (AvgIpc) is 2.55. The Morgan fingerprint density at radius 3 is 2.43 bits per heavy atom. The number of sulfone groups is 1. The largest absolute Gasteiger partial charge is 0.393 e. The molecule has 2 atom stereocenters. The zero-order chi connectivity index (χ0) is 10.3. The number of carbonyl (C=O) groups excluding carboxylic acids is 2. The fraction of sp³-hybridized carbons (Fsp3) is 0.750. The van der Waals surface area contributed by atoms with E-state index in [0.29, 0.717) is 6.42 Å². The van der Waals surface area contributed by atoms with Crippen LogP contribution in [0.5, 0.6) is 0 Å². The number of cyclic esters (lactones) is 2. The fourth-order valence-corrected chi connectivity index (χ4v) is 3.87. The molecular weight excluding hydrogens is 208 g/mol. The summed E-state index contributed by atoms with van der Waals surface area (Å²) in [7, 11) is -2.99. The van der Waals surface area contributed by atoms with Crippen molar-refractivity contribution in [2.45, 2.75) is 12.8 Å². The Morgan fingerprint density at radius 1 is 1.29 bits per heavy atom. The highest BCUT2D eigenvalue weighted by Gasteiger charge is 2.43. The van der Waals surface area contributed by atoms with E-state index in [2.05, 4.69) is 4.74 Å². The van der Waals surface area contributed by atoms with Crippen LogP contribution in [0.4, 0.5) is 0 Å². The van der Waals surface area contributed by atoms with Crippen LogP contribution in [0.3, 0.4) is 0 Å². The summed E-state index contributed by atoms with van der Waals surface area (Å²) in [6.45, 7) is 0. The zero-order valence-electron chi connectivity index (χ0n) is 7.43. The maximum absolute atomic E-state index is 11.1. The van der Waals surface area contributed by atoms with Gasteiger partial charge in [-0.05, 0) is 12.3 Å². The summed E-state index contributed by atoms with van der Waals surface area (Å²) in [5, 5.41) is 0. The Morgan fingerprint density at radius 2 is 2.00 bits per heavy atom. The molecule has 0 N–H and O–H groups in total. The van der Waals surface area contributed by atoms with Crippen molar-refractivity contribution in [3.8, 4) is 0 Å². The Hall–Kier alpha value is -0.910. The van der Waals surface area contributed by atoms with Gasteiger partial charge in [-0.15, -0.1) is 0 Å². The highest BCUT2D eigenvalue weighted by atomic mass is 32.2. The van der Waals surface area contributed by atoms with E-state index < -0.39 is 27.7 Å². The number of hydrogen-bond donors (Lipinski definition) is 0. The molecule has 2 heterocycles. The summed E-state index contributed by atoms with van der Waals surface area (Å²) in [6.07, 6.45) is 0.508. The number of ether oxygens (including phenoxy) is 1. The van der Waals surface area contributed by atoms with Gasteiger partial charge in [-0.1, -0.05) is 0 Å². The van der Waals surface area contributed by atoms with Gasteiger partial charge in [-0.2, -0.15) is 0 Å². The number of esters is 2. The summed E-state index contributed by atoms with van der Waals surface area (Å²) in [5.74, 6) is -1.71. The van der Waals surface area contributed by atoms with Crippen molar-refractivity contribution in [1.29, 1.82) is 0 Å². The van der Waals surface area contributed by atoms with Gasteiger partial charge in [0.1, 0.15) is 0 Å². The van der Waals surface area contributed by atoms with E-state index in [1.54, 1.807) is 0 Å². The lowest BCUT2D eigenvalue weighted by molar-refractivity contribution is -0.153. The van der Waals surface area contributed by atoms with Gasteiger partial charge in [-0.3, -0.25) is 9.59 Å². The van der Waals surface area contributed by atoms with Gasteiger partial charge in [0.05, 0.1) is 23.8 Å². The second-order valence-corrected chi connectivity index (χ2v) is 6.00. The molecular formula is C8H10O5S. The highest BCUT2D eigenvalue weighted by molar-refractivity contribution is 7.91. The van der Waals surface area contributed by atoms with Gasteiger partial charge in [0.25, 0.3) is 0 Å². The molecule has 5 nitrogen and oxygen atoms in total. The van der Waals surface area contributed by atoms with Crippen LogP contribution < -0.4 is 0 Å². The normalized spacial score (nSPS) is 36.0. The van der Waals surface area contributed by atoms with Crippen LogP contribution in [-0.2, 0) is 24.2 Å². The van der Waals surface area contributed by atoms with Crippen LogP contribution in [0.25, 0.3) is 0 Å². The number of hydrogen-bond acceptors (Lipinski definition) is 5. The van der Waals surface area contributed by atoms with Crippen LogP contribution >= 0.6 is 0 Å². The molecule has 78 valence electrons. The molecule has 2 saturated heterocycles. The average molecular weight is 218 g/mol. The predicted molar refractivity (Wildman–Crippen MR) is 46.0 cm³/mol. The minimum Gasteiger partial charge on any atom is -0.393 e. The Labute approximate surface area is 81.3 Å². The highest BCUT2D eigenvalue weighted by Crippen LogP contribution is 2.32. The monoisotopic (exact) mass is 218 g/mol. The lowest BCUT2D eigenvalue weighted by Gasteiger charge is -2.10. The van der Waals surface area contributed by atoms with Gasteiger partial charge in [-0.25, -0.2) is 8.42 Å². The van der Waals surface area contributed by atoms with Gasteiger partial charge in [0.15, 0.2) is 9.84 Å². The molecule has 2 unspecified atom stereocenters. The smallest absolute Gasteiger partial charge is 0.317 e. The van der Waals surface area contributed by atoms with Crippen LogP contribution in [-0.4, -0.2) is 31.9 Å². The third-order valence-electron chi connectivity index (χ3n) is 2.74. The molecule has 14 heavy (non-hydrogen) atoms. The molecule has 0 aliphatic carbocycles. The van der Waals surface area contributed by atoms with Gasteiger partial charge >= 0.3 is 11.9 Å². The molecule has 0 bridgehead atoms. The molecule has 0 radical (unpaired) electrons. The quantitative estimate of drug-likeness (QED) is 0.438. The standard InChI is InChI=1S/C8H10O5S/c9-7-3-6(8(10)13-7)5-1-2-14(11,12)4-5/h5-6H,1-4H2. The Bertz CT molecular complexity index is 383. The molecule has 0 saturated carbocycles. The van der Waals surface area contributed by atoms with Gasteiger partial charge < -0.3 is 4.74 Å². The van der Waals surface area contributed by atoms with Crippen molar-refractivity contribution in [2.75, 3.05) is 11.5 Å². The molecule has 0 aromatic carbocycles. The lowest BCUT2D eigenvalue weighted by Crippen LogP contribution is -2.20. The zero-order valence-corrected chi connectivity index (χ0v) is 8.25. The molecule has 2 aliphatic heterocycles. The van der Waals surface area contributed by atoms with Crippen molar-refractivity contribution in [1.82, 2.24) is 0 Å². The van der Waals surface area contributed by atoms with E-state index in [1.807, 2.05) is 0 Å². The second-order valence-electron chi connectivity index (χ2n) is 3.77. The summed E-state index contributed by atoms with van der Waals surface area (Å²) in [6, 6.07) is 0. The molecule has 0 aromatic rings. The fourth-order valence-electron chi connectivity index (χ4n) is 1.99. The first kappa shape index (κ1) is 9.64. The topological polar surface area (TPSA) is 77.5 Å². The first-order valence-electron chi connectivity index (χ1n) is 4.43. The molecule has 0 spiro atoms. The van der Waals surface area contributed by atoms with E-state index in [9.17, 15) is 18.0 Å². The summed E-state index contributed by atoms with van der Waals surface area (Å²) in [4.78, 5) is 21.9. The summed E-state index contributed by atoms with van der Waals surface area (Å²) < 4.78 is 26.7. The molecule has 2 rings (SSSR count). The minimum absolute atomic E-state index is 0.0139. The van der Waals surface area contributed by atoms with Crippen LogP contribution in [0.15, 0.2) is 0 Å². The van der Waals surface area contributed by atoms with E-state index >= 15 is 0 Å². The minimum atomic E-state index is -2.99. The third kappa shape index (κ3) is 1.66. The molecule has 0 aromatic heterocycles. The van der Waals surface area contributed by atoms with Gasteiger partial charge in [0, 0.05) is 0 Å². The maximum Gasteiger partial charge on any atom is 0.317 e. The first-order valence-corrected chi connectivity index (χ1v) is 6.25. The Balaban J connectivity index is 2.11. The van der Waals surface area contributed by atoms with Crippen LogP contribution in [0, 0.1) is 11.8 Å². The van der Waals surface area contributed by atoms with E-state index in [0.717, 1.165) is 0 Å². The second kappa shape index (κ2) is 3.05. The Kier molecular flexibility index (Phi) is 2.10. The van der Waals surface area contributed by atoms with Crippen LogP contribution in [0.1, 0.15) is 12.8 Å². The van der Waals surface area contributed by atoms with Crippen LogP contribution in [0.2, 0.25) is 0 Å². The van der Waals surface area contributed by atoms with Crippen molar-refractivity contribution in [3.05, 3.63) is 0 Å². The van der Waals surface area contributed by atoms with E-state index in [-0.39, 0.29) is 23.8 Å². The molecule has 0 amide bonds.